The lowest BCUT2D eigenvalue weighted by atomic mass is 10.1. The first kappa shape index (κ1) is 15.0. The van der Waals surface area contributed by atoms with Crippen LogP contribution in [0.3, 0.4) is 0 Å². The minimum absolute atomic E-state index is 0.172. The van der Waals surface area contributed by atoms with Gasteiger partial charge in [-0.1, -0.05) is 11.6 Å². The summed E-state index contributed by atoms with van der Waals surface area (Å²) < 4.78 is 16.4. The number of methoxy groups -OCH3 is 1. The molecule has 20 heavy (non-hydrogen) atoms. The van der Waals surface area contributed by atoms with Gasteiger partial charge in [-0.25, -0.2) is 0 Å². The summed E-state index contributed by atoms with van der Waals surface area (Å²) in [5.41, 5.74) is 2.18. The smallest absolute Gasteiger partial charge is 0.134 e. The number of nitrogens with one attached hydrogen (secondary N) is 1. The zero-order valence-corrected chi connectivity index (χ0v) is 12.4. The van der Waals surface area contributed by atoms with E-state index in [0.29, 0.717) is 19.8 Å². The second kappa shape index (κ2) is 7.43. The number of hydrogen-bond acceptors (Lipinski definition) is 4. The molecule has 0 saturated carbocycles. The molecule has 0 aliphatic rings. The lowest BCUT2D eigenvalue weighted by molar-refractivity contribution is 0.0652. The van der Waals surface area contributed by atoms with Crippen LogP contribution < -0.4 is 5.32 Å². The molecule has 0 spiro atoms. The van der Waals surface area contributed by atoms with Crippen molar-refractivity contribution in [1.29, 1.82) is 0 Å². The quantitative estimate of drug-likeness (QED) is 0.753. The zero-order valence-electron chi connectivity index (χ0n) is 12.4. The van der Waals surface area contributed by atoms with Crippen molar-refractivity contribution in [3.8, 4) is 0 Å². The maximum atomic E-state index is 5.91. The highest BCUT2D eigenvalue weighted by Gasteiger charge is 2.14. The van der Waals surface area contributed by atoms with Crippen molar-refractivity contribution in [2.75, 3.05) is 34.0 Å². The van der Waals surface area contributed by atoms with Crippen molar-refractivity contribution in [2.45, 2.75) is 19.4 Å². The van der Waals surface area contributed by atoms with Gasteiger partial charge in [-0.3, -0.25) is 0 Å². The molecule has 110 valence electrons. The van der Waals surface area contributed by atoms with Crippen LogP contribution in [0.2, 0.25) is 0 Å². The summed E-state index contributed by atoms with van der Waals surface area (Å²) in [4.78, 5) is 0. The van der Waals surface area contributed by atoms with Gasteiger partial charge < -0.3 is 19.2 Å². The molecule has 0 aliphatic heterocycles. The van der Waals surface area contributed by atoms with Gasteiger partial charge in [0.1, 0.15) is 11.3 Å². The van der Waals surface area contributed by atoms with Crippen molar-refractivity contribution in [3.05, 3.63) is 35.6 Å². The van der Waals surface area contributed by atoms with E-state index in [2.05, 4.69) is 30.4 Å². The molecule has 0 aliphatic carbocycles. The van der Waals surface area contributed by atoms with Gasteiger partial charge in [0.05, 0.1) is 19.3 Å². The van der Waals surface area contributed by atoms with Crippen molar-refractivity contribution in [2.24, 2.45) is 0 Å². The van der Waals surface area contributed by atoms with E-state index in [0.717, 1.165) is 23.2 Å². The fourth-order valence-corrected chi connectivity index (χ4v) is 2.23. The maximum Gasteiger partial charge on any atom is 0.134 e. The van der Waals surface area contributed by atoms with E-state index in [1.807, 2.05) is 13.1 Å². The molecule has 4 nitrogen and oxygen atoms in total. The van der Waals surface area contributed by atoms with Crippen LogP contribution in [0.15, 0.2) is 28.7 Å². The molecule has 0 fully saturated rings. The summed E-state index contributed by atoms with van der Waals surface area (Å²) >= 11 is 0. The van der Waals surface area contributed by atoms with Crippen molar-refractivity contribution >= 4 is 11.0 Å². The fourth-order valence-electron chi connectivity index (χ4n) is 2.23. The van der Waals surface area contributed by atoms with Gasteiger partial charge in [0, 0.05) is 19.1 Å². The van der Waals surface area contributed by atoms with Crippen LogP contribution in [0, 0.1) is 6.92 Å². The second-order valence-electron chi connectivity index (χ2n) is 4.93. The van der Waals surface area contributed by atoms with Crippen molar-refractivity contribution < 1.29 is 13.9 Å². The number of hydrogen-bond donors (Lipinski definition) is 1. The highest BCUT2D eigenvalue weighted by Crippen LogP contribution is 2.26. The van der Waals surface area contributed by atoms with Crippen LogP contribution in [0.25, 0.3) is 11.0 Å². The third-order valence-electron chi connectivity index (χ3n) is 3.37. The van der Waals surface area contributed by atoms with E-state index < -0.39 is 0 Å². The summed E-state index contributed by atoms with van der Waals surface area (Å²) in [6, 6.07) is 8.52. The Hall–Kier alpha value is -1.36. The number of aryl methyl sites for hydroxylation is 1. The van der Waals surface area contributed by atoms with Crippen LogP contribution in [0.5, 0.6) is 0 Å². The zero-order chi connectivity index (χ0) is 14.4. The van der Waals surface area contributed by atoms with Crippen LogP contribution in [0.4, 0.5) is 0 Å². The van der Waals surface area contributed by atoms with Gasteiger partial charge in [-0.15, -0.1) is 0 Å². The van der Waals surface area contributed by atoms with Gasteiger partial charge in [0.25, 0.3) is 0 Å². The molecule has 1 aromatic carbocycles. The van der Waals surface area contributed by atoms with Gasteiger partial charge >= 0.3 is 0 Å². The Morgan fingerprint density at radius 2 is 2.05 bits per heavy atom. The van der Waals surface area contributed by atoms with Crippen molar-refractivity contribution in [1.82, 2.24) is 5.32 Å². The molecule has 0 amide bonds. The lowest BCUT2D eigenvalue weighted by Crippen LogP contribution is -2.18. The molecule has 2 aromatic rings. The SMILES string of the molecule is CNC(CCOCCOC)c1cc2cc(C)ccc2o1. The Bertz CT molecular complexity index is 536. The maximum absolute atomic E-state index is 5.91. The largest absolute Gasteiger partial charge is 0.459 e. The Morgan fingerprint density at radius 1 is 1.20 bits per heavy atom. The molecular weight excluding hydrogens is 254 g/mol. The van der Waals surface area contributed by atoms with E-state index in [9.17, 15) is 0 Å². The molecular formula is C16H23NO3. The van der Waals surface area contributed by atoms with Gasteiger partial charge in [0.2, 0.25) is 0 Å². The number of ether oxygens (including phenoxy) is 2. The summed E-state index contributed by atoms with van der Waals surface area (Å²) in [6.07, 6.45) is 0.874. The van der Waals surface area contributed by atoms with E-state index in [1.54, 1.807) is 7.11 Å². The van der Waals surface area contributed by atoms with Gasteiger partial charge in [0.15, 0.2) is 0 Å². The topological polar surface area (TPSA) is 43.6 Å². The summed E-state index contributed by atoms with van der Waals surface area (Å²) in [5, 5.41) is 4.43. The van der Waals surface area contributed by atoms with E-state index in [-0.39, 0.29) is 6.04 Å². The first-order valence-electron chi connectivity index (χ1n) is 6.98. The highest BCUT2D eigenvalue weighted by atomic mass is 16.5. The Kier molecular flexibility index (Phi) is 5.59. The molecule has 1 heterocycles. The standard InChI is InChI=1S/C16H23NO3/c1-12-4-5-15-13(10-12)11-16(20-15)14(17-2)6-7-19-9-8-18-3/h4-5,10-11,14,17H,6-9H2,1-3H3. The normalized spacial score (nSPS) is 12.9. The highest BCUT2D eigenvalue weighted by molar-refractivity contribution is 5.78. The van der Waals surface area contributed by atoms with E-state index >= 15 is 0 Å². The first-order valence-corrected chi connectivity index (χ1v) is 6.98. The molecule has 1 unspecified atom stereocenters. The third-order valence-corrected chi connectivity index (χ3v) is 3.37. The van der Waals surface area contributed by atoms with Crippen LogP contribution in [-0.4, -0.2) is 34.0 Å². The van der Waals surface area contributed by atoms with Crippen LogP contribution in [-0.2, 0) is 9.47 Å². The second-order valence-corrected chi connectivity index (χ2v) is 4.93. The summed E-state index contributed by atoms with van der Waals surface area (Å²) in [7, 11) is 3.62. The Balaban J connectivity index is 1.98. The number of benzene rings is 1. The predicted octanol–water partition coefficient (Wildman–Crippen LogP) is 3.05. The van der Waals surface area contributed by atoms with Crippen LogP contribution >= 0.6 is 0 Å². The first-order chi connectivity index (χ1) is 9.74. The molecule has 0 bridgehead atoms. The molecule has 2 rings (SSSR count). The lowest BCUT2D eigenvalue weighted by Gasteiger charge is -2.13. The summed E-state index contributed by atoms with van der Waals surface area (Å²) in [6.45, 7) is 4.04. The van der Waals surface area contributed by atoms with Crippen molar-refractivity contribution in [3.63, 3.8) is 0 Å². The molecule has 1 N–H and O–H groups in total. The average Bonchev–Trinajstić information content (AvgIpc) is 2.85. The average molecular weight is 277 g/mol. The minimum atomic E-state index is 0.172. The number of fused-ring (bicyclic) bond motifs is 1. The minimum Gasteiger partial charge on any atom is -0.459 e. The monoisotopic (exact) mass is 277 g/mol. The third kappa shape index (κ3) is 3.82. The molecule has 0 radical (unpaired) electrons. The Morgan fingerprint density at radius 3 is 2.80 bits per heavy atom. The van der Waals surface area contributed by atoms with E-state index in [4.69, 9.17) is 13.9 Å². The number of furan rings is 1. The van der Waals surface area contributed by atoms with Crippen LogP contribution in [0.1, 0.15) is 23.8 Å². The van der Waals surface area contributed by atoms with Gasteiger partial charge in [-0.2, -0.15) is 0 Å². The molecule has 4 heteroatoms. The molecule has 1 atom stereocenters. The molecule has 0 saturated heterocycles. The van der Waals surface area contributed by atoms with Gasteiger partial charge in [-0.05, 0) is 38.6 Å². The summed E-state index contributed by atoms with van der Waals surface area (Å²) in [5.74, 6) is 0.962. The number of rotatable bonds is 8. The molecule has 1 aromatic heterocycles. The van der Waals surface area contributed by atoms with E-state index in [1.165, 1.54) is 5.56 Å². The fraction of sp³-hybridized carbons (Fsp3) is 0.500. The predicted molar refractivity (Wildman–Crippen MR) is 80.1 cm³/mol. The Labute approximate surface area is 120 Å².